The predicted octanol–water partition coefficient (Wildman–Crippen LogP) is 1.96. The monoisotopic (exact) mass is 218 g/mol. The Morgan fingerprint density at radius 1 is 1.27 bits per heavy atom. The van der Waals surface area contributed by atoms with Crippen LogP contribution in [0.5, 0.6) is 0 Å². The molecule has 0 aliphatic rings. The highest BCUT2D eigenvalue weighted by molar-refractivity contribution is 4.89. The second-order valence-corrected chi connectivity index (χ2v) is 5.10. The van der Waals surface area contributed by atoms with Crippen molar-refractivity contribution in [2.45, 2.75) is 64.8 Å². The van der Waals surface area contributed by atoms with Crippen LogP contribution >= 0.6 is 0 Å². The zero-order valence-corrected chi connectivity index (χ0v) is 10.9. The summed E-state index contributed by atoms with van der Waals surface area (Å²) in [5.74, 6) is 0.296. The Kier molecular flexibility index (Phi) is 5.24. The second-order valence-electron chi connectivity index (χ2n) is 5.10. The van der Waals surface area contributed by atoms with Crippen LogP contribution in [0, 0.1) is 5.92 Å². The molecule has 0 fully saturated rings. The second kappa shape index (κ2) is 5.28. The van der Waals surface area contributed by atoms with E-state index in [1.54, 1.807) is 14.0 Å². The van der Waals surface area contributed by atoms with E-state index in [-0.39, 0.29) is 0 Å². The van der Waals surface area contributed by atoms with Crippen molar-refractivity contribution in [3.63, 3.8) is 0 Å². The number of hydrogen-bond donors (Lipinski definition) is 2. The highest BCUT2D eigenvalue weighted by atomic mass is 16.5. The van der Waals surface area contributed by atoms with Gasteiger partial charge in [0, 0.05) is 13.5 Å². The number of methoxy groups -OCH3 is 1. The minimum Gasteiger partial charge on any atom is -0.390 e. The van der Waals surface area contributed by atoms with Crippen molar-refractivity contribution in [2.24, 2.45) is 5.92 Å². The topological polar surface area (TPSA) is 49.7 Å². The lowest BCUT2D eigenvalue weighted by Crippen LogP contribution is -2.46. The van der Waals surface area contributed by atoms with Gasteiger partial charge in [-0.3, -0.25) is 0 Å². The maximum Gasteiger partial charge on any atom is 0.0876 e. The van der Waals surface area contributed by atoms with Gasteiger partial charge in [-0.2, -0.15) is 0 Å². The van der Waals surface area contributed by atoms with Gasteiger partial charge in [0.1, 0.15) is 0 Å². The Bertz CT molecular complexity index is 189. The summed E-state index contributed by atoms with van der Waals surface area (Å²) in [6.07, 6.45) is 0.225. The van der Waals surface area contributed by atoms with Crippen LogP contribution in [0.1, 0.15) is 47.5 Å². The summed E-state index contributed by atoms with van der Waals surface area (Å²) in [5.41, 5.74) is -1.42. The SMILES string of the molecule is CCC(C)(O)C(O)CC(C)(OC)C(C)C. The fourth-order valence-electron chi connectivity index (χ4n) is 1.39. The molecule has 0 aliphatic heterocycles. The lowest BCUT2D eigenvalue weighted by molar-refractivity contribution is -0.122. The molecule has 0 heterocycles. The number of rotatable bonds is 6. The lowest BCUT2D eigenvalue weighted by Gasteiger charge is -2.38. The third kappa shape index (κ3) is 3.74. The van der Waals surface area contributed by atoms with Crippen molar-refractivity contribution in [3.05, 3.63) is 0 Å². The van der Waals surface area contributed by atoms with E-state index in [4.69, 9.17) is 4.74 Å². The molecule has 0 aromatic carbocycles. The van der Waals surface area contributed by atoms with Crippen LogP contribution in [0.2, 0.25) is 0 Å². The van der Waals surface area contributed by atoms with Crippen molar-refractivity contribution in [1.82, 2.24) is 0 Å². The third-order valence-corrected chi connectivity index (χ3v) is 3.72. The van der Waals surface area contributed by atoms with Gasteiger partial charge in [0.2, 0.25) is 0 Å². The summed E-state index contributed by atoms with van der Waals surface area (Å²) >= 11 is 0. The molecular formula is C12H26O3. The van der Waals surface area contributed by atoms with E-state index in [9.17, 15) is 10.2 Å². The highest BCUT2D eigenvalue weighted by Crippen LogP contribution is 2.30. The van der Waals surface area contributed by atoms with Crippen LogP contribution < -0.4 is 0 Å². The van der Waals surface area contributed by atoms with E-state index in [1.807, 2.05) is 13.8 Å². The molecule has 92 valence electrons. The molecule has 3 nitrogen and oxygen atoms in total. The van der Waals surface area contributed by atoms with Crippen molar-refractivity contribution in [2.75, 3.05) is 7.11 Å². The first-order valence-corrected chi connectivity index (χ1v) is 5.65. The Morgan fingerprint density at radius 2 is 1.73 bits per heavy atom. The maximum atomic E-state index is 9.96. The quantitative estimate of drug-likeness (QED) is 0.716. The van der Waals surface area contributed by atoms with E-state index in [0.29, 0.717) is 18.8 Å². The van der Waals surface area contributed by atoms with Crippen molar-refractivity contribution in [1.29, 1.82) is 0 Å². The van der Waals surface area contributed by atoms with Crippen LogP contribution in [0.3, 0.4) is 0 Å². The fraction of sp³-hybridized carbons (Fsp3) is 1.00. The first-order chi connectivity index (χ1) is 6.69. The molecule has 0 saturated carbocycles. The van der Waals surface area contributed by atoms with Gasteiger partial charge < -0.3 is 14.9 Å². The highest BCUT2D eigenvalue weighted by Gasteiger charge is 2.37. The summed E-state index contributed by atoms with van der Waals surface area (Å²) in [5, 5.41) is 19.9. The smallest absolute Gasteiger partial charge is 0.0876 e. The molecule has 0 radical (unpaired) electrons. The molecule has 0 rings (SSSR count). The minimum atomic E-state index is -1.03. The molecule has 3 heteroatoms. The van der Waals surface area contributed by atoms with Crippen LogP contribution in [-0.2, 0) is 4.74 Å². The van der Waals surface area contributed by atoms with Gasteiger partial charge >= 0.3 is 0 Å². The summed E-state index contributed by atoms with van der Waals surface area (Å²) in [6.45, 7) is 9.59. The van der Waals surface area contributed by atoms with Crippen LogP contribution in [0.15, 0.2) is 0 Å². The molecule has 0 amide bonds. The largest absolute Gasteiger partial charge is 0.390 e. The molecule has 0 aliphatic carbocycles. The number of aliphatic hydroxyl groups is 2. The molecule has 0 spiro atoms. The molecule has 0 saturated heterocycles. The van der Waals surface area contributed by atoms with Crippen molar-refractivity contribution >= 4 is 0 Å². The molecule has 3 unspecified atom stereocenters. The Morgan fingerprint density at radius 3 is 2.00 bits per heavy atom. The van der Waals surface area contributed by atoms with E-state index >= 15 is 0 Å². The van der Waals surface area contributed by atoms with E-state index in [1.165, 1.54) is 0 Å². The van der Waals surface area contributed by atoms with Gasteiger partial charge in [-0.15, -0.1) is 0 Å². The standard InChI is InChI=1S/C12H26O3/c1-7-11(4,14)10(13)8-12(5,15-6)9(2)3/h9-10,13-14H,7-8H2,1-6H3. The van der Waals surface area contributed by atoms with E-state index in [0.717, 1.165) is 0 Å². The summed E-state index contributed by atoms with van der Waals surface area (Å²) in [4.78, 5) is 0. The predicted molar refractivity (Wildman–Crippen MR) is 61.8 cm³/mol. The summed E-state index contributed by atoms with van der Waals surface area (Å²) < 4.78 is 5.44. The van der Waals surface area contributed by atoms with Crippen molar-refractivity contribution < 1.29 is 14.9 Å². The molecule has 0 bridgehead atoms. The van der Waals surface area contributed by atoms with E-state index in [2.05, 4.69) is 13.8 Å². The van der Waals surface area contributed by atoms with Crippen LogP contribution in [0.4, 0.5) is 0 Å². The Labute approximate surface area is 93.5 Å². The number of hydrogen-bond acceptors (Lipinski definition) is 3. The fourth-order valence-corrected chi connectivity index (χ4v) is 1.39. The first-order valence-electron chi connectivity index (χ1n) is 5.65. The number of aliphatic hydroxyl groups excluding tert-OH is 1. The maximum absolute atomic E-state index is 9.96. The Hall–Kier alpha value is -0.120. The zero-order chi connectivity index (χ0) is 12.3. The number of ether oxygens (including phenoxy) is 1. The molecule has 3 atom stereocenters. The first kappa shape index (κ1) is 14.9. The van der Waals surface area contributed by atoms with E-state index < -0.39 is 17.3 Å². The third-order valence-electron chi connectivity index (χ3n) is 3.72. The van der Waals surface area contributed by atoms with Gasteiger partial charge in [0.05, 0.1) is 17.3 Å². The average Bonchev–Trinajstić information content (AvgIpc) is 2.17. The van der Waals surface area contributed by atoms with Crippen LogP contribution in [-0.4, -0.2) is 34.6 Å². The summed E-state index contributed by atoms with van der Waals surface area (Å²) in [6, 6.07) is 0. The van der Waals surface area contributed by atoms with Crippen LogP contribution in [0.25, 0.3) is 0 Å². The van der Waals surface area contributed by atoms with Gasteiger partial charge in [-0.05, 0) is 26.2 Å². The van der Waals surface area contributed by atoms with Crippen molar-refractivity contribution in [3.8, 4) is 0 Å². The normalized spacial score (nSPS) is 22.2. The van der Waals surface area contributed by atoms with Gasteiger partial charge in [0.25, 0.3) is 0 Å². The van der Waals surface area contributed by atoms with Gasteiger partial charge in [-0.25, -0.2) is 0 Å². The minimum absolute atomic E-state index is 0.296. The lowest BCUT2D eigenvalue weighted by atomic mass is 9.81. The Balaban J connectivity index is 4.57. The molecule has 0 aromatic rings. The van der Waals surface area contributed by atoms with Gasteiger partial charge in [-0.1, -0.05) is 20.8 Å². The molecular weight excluding hydrogens is 192 g/mol. The summed E-state index contributed by atoms with van der Waals surface area (Å²) in [7, 11) is 1.65. The molecule has 15 heavy (non-hydrogen) atoms. The molecule has 2 N–H and O–H groups in total. The van der Waals surface area contributed by atoms with Gasteiger partial charge in [0.15, 0.2) is 0 Å². The zero-order valence-electron chi connectivity index (χ0n) is 10.9. The molecule has 0 aromatic heterocycles. The average molecular weight is 218 g/mol.